The number of nitrogens with one attached hydrogen (secondary N) is 1. The molecule has 1 fully saturated rings. The van der Waals surface area contributed by atoms with Crippen molar-refractivity contribution in [2.45, 2.75) is 25.3 Å². The smallest absolute Gasteiger partial charge is 0.138 e. The fourth-order valence-electron chi connectivity index (χ4n) is 1.52. The van der Waals surface area contributed by atoms with Crippen LogP contribution in [-0.2, 0) is 6.42 Å². The summed E-state index contributed by atoms with van der Waals surface area (Å²) in [5.74, 6) is 0.990. The van der Waals surface area contributed by atoms with Crippen molar-refractivity contribution in [2.75, 3.05) is 6.54 Å². The Morgan fingerprint density at radius 1 is 1.73 bits per heavy atom. The van der Waals surface area contributed by atoms with E-state index in [4.69, 9.17) is 4.52 Å². The monoisotopic (exact) mass is 152 g/mol. The van der Waals surface area contributed by atoms with Gasteiger partial charge in [0.15, 0.2) is 0 Å². The molecule has 0 bridgehead atoms. The van der Waals surface area contributed by atoms with Crippen LogP contribution in [0.3, 0.4) is 0 Å². The summed E-state index contributed by atoms with van der Waals surface area (Å²) in [7, 11) is 0. The van der Waals surface area contributed by atoms with Crippen LogP contribution >= 0.6 is 0 Å². The van der Waals surface area contributed by atoms with Gasteiger partial charge in [0.1, 0.15) is 5.76 Å². The second-order valence-electron chi connectivity index (χ2n) is 2.98. The molecule has 1 aromatic heterocycles. The van der Waals surface area contributed by atoms with Crippen molar-refractivity contribution in [3.63, 3.8) is 0 Å². The molecule has 0 amide bonds. The number of aromatic nitrogens is 1. The van der Waals surface area contributed by atoms with Crippen molar-refractivity contribution < 1.29 is 4.52 Å². The lowest BCUT2D eigenvalue weighted by Gasteiger charge is -2.05. The summed E-state index contributed by atoms with van der Waals surface area (Å²) in [6, 6.07) is 2.54. The summed E-state index contributed by atoms with van der Waals surface area (Å²) in [6.07, 6.45) is 5.24. The largest absolute Gasteiger partial charge is 0.361 e. The molecule has 1 N–H and O–H groups in total. The molecule has 2 rings (SSSR count). The number of rotatable bonds is 2. The van der Waals surface area contributed by atoms with Gasteiger partial charge in [-0.2, -0.15) is 0 Å². The topological polar surface area (TPSA) is 38.1 Å². The maximum Gasteiger partial charge on any atom is 0.138 e. The maximum absolute atomic E-state index is 5.01. The van der Waals surface area contributed by atoms with Crippen molar-refractivity contribution in [1.82, 2.24) is 10.5 Å². The highest BCUT2D eigenvalue weighted by atomic mass is 16.5. The molecule has 0 aromatic carbocycles. The Hall–Kier alpha value is -0.830. The van der Waals surface area contributed by atoms with Crippen molar-refractivity contribution in [3.05, 3.63) is 18.0 Å². The quantitative estimate of drug-likeness (QED) is 0.686. The average molecular weight is 152 g/mol. The van der Waals surface area contributed by atoms with Crippen LogP contribution in [0.1, 0.15) is 18.6 Å². The maximum atomic E-state index is 5.01. The van der Waals surface area contributed by atoms with Crippen molar-refractivity contribution in [1.29, 1.82) is 0 Å². The van der Waals surface area contributed by atoms with Crippen LogP contribution in [0.4, 0.5) is 0 Å². The zero-order valence-corrected chi connectivity index (χ0v) is 6.42. The SMILES string of the molecule is c1cc(CC2CCCN2)on1. The lowest BCUT2D eigenvalue weighted by Crippen LogP contribution is -2.23. The first kappa shape index (κ1) is 6.85. The molecule has 1 aliphatic heterocycles. The number of hydrogen-bond acceptors (Lipinski definition) is 3. The van der Waals surface area contributed by atoms with E-state index in [1.54, 1.807) is 6.20 Å². The highest BCUT2D eigenvalue weighted by Gasteiger charge is 2.15. The molecule has 1 aromatic rings. The van der Waals surface area contributed by atoms with Crippen LogP contribution < -0.4 is 5.32 Å². The van der Waals surface area contributed by atoms with E-state index in [0.717, 1.165) is 18.7 Å². The van der Waals surface area contributed by atoms with Gasteiger partial charge < -0.3 is 9.84 Å². The van der Waals surface area contributed by atoms with Gasteiger partial charge in [0.2, 0.25) is 0 Å². The fourth-order valence-corrected chi connectivity index (χ4v) is 1.52. The summed E-state index contributed by atoms with van der Waals surface area (Å²) in [6.45, 7) is 1.15. The molecule has 1 atom stereocenters. The van der Waals surface area contributed by atoms with Gasteiger partial charge in [-0.3, -0.25) is 0 Å². The minimum Gasteiger partial charge on any atom is -0.361 e. The molecule has 3 nitrogen and oxygen atoms in total. The third-order valence-electron chi connectivity index (χ3n) is 2.10. The van der Waals surface area contributed by atoms with Gasteiger partial charge in [-0.25, -0.2) is 0 Å². The van der Waals surface area contributed by atoms with Crippen LogP contribution in [0.15, 0.2) is 16.8 Å². The minimum absolute atomic E-state index is 0.614. The Balaban J connectivity index is 1.90. The zero-order valence-electron chi connectivity index (χ0n) is 6.42. The summed E-state index contributed by atoms with van der Waals surface area (Å²) in [5.41, 5.74) is 0. The summed E-state index contributed by atoms with van der Waals surface area (Å²) >= 11 is 0. The Morgan fingerprint density at radius 3 is 3.36 bits per heavy atom. The highest BCUT2D eigenvalue weighted by Crippen LogP contribution is 2.10. The van der Waals surface area contributed by atoms with E-state index in [9.17, 15) is 0 Å². The lowest BCUT2D eigenvalue weighted by atomic mass is 10.1. The first-order valence-electron chi connectivity index (χ1n) is 4.08. The Bertz CT molecular complexity index is 202. The molecular formula is C8H12N2O. The molecule has 1 unspecified atom stereocenters. The average Bonchev–Trinajstić information content (AvgIpc) is 2.60. The third-order valence-corrected chi connectivity index (χ3v) is 2.10. The Morgan fingerprint density at radius 2 is 2.73 bits per heavy atom. The molecule has 0 radical (unpaired) electrons. The van der Waals surface area contributed by atoms with Crippen molar-refractivity contribution >= 4 is 0 Å². The predicted octanol–water partition coefficient (Wildman–Crippen LogP) is 0.969. The highest BCUT2D eigenvalue weighted by molar-refractivity contribution is 4.97. The molecule has 0 aliphatic carbocycles. The van der Waals surface area contributed by atoms with Crippen molar-refractivity contribution in [3.8, 4) is 0 Å². The first-order valence-corrected chi connectivity index (χ1v) is 4.08. The van der Waals surface area contributed by atoms with Gasteiger partial charge in [0.05, 0.1) is 6.20 Å². The van der Waals surface area contributed by atoms with Crippen LogP contribution in [0, 0.1) is 0 Å². The molecule has 1 saturated heterocycles. The lowest BCUT2D eigenvalue weighted by molar-refractivity contribution is 0.369. The van der Waals surface area contributed by atoms with Crippen LogP contribution in [-0.4, -0.2) is 17.7 Å². The normalized spacial score (nSPS) is 24.2. The van der Waals surface area contributed by atoms with Crippen LogP contribution in [0.2, 0.25) is 0 Å². The van der Waals surface area contributed by atoms with Gasteiger partial charge in [-0.15, -0.1) is 0 Å². The van der Waals surface area contributed by atoms with Gasteiger partial charge in [-0.1, -0.05) is 5.16 Å². The minimum atomic E-state index is 0.614. The van der Waals surface area contributed by atoms with E-state index in [0.29, 0.717) is 6.04 Å². The second kappa shape index (κ2) is 3.05. The Labute approximate surface area is 65.8 Å². The van der Waals surface area contributed by atoms with E-state index in [1.165, 1.54) is 12.8 Å². The molecule has 0 spiro atoms. The third kappa shape index (κ3) is 1.60. The van der Waals surface area contributed by atoms with E-state index >= 15 is 0 Å². The van der Waals surface area contributed by atoms with E-state index in [1.807, 2.05) is 6.07 Å². The second-order valence-corrected chi connectivity index (χ2v) is 2.98. The standard InChI is InChI=1S/C8H12N2O/c1-2-7(9-4-1)6-8-3-5-10-11-8/h3,5,7,9H,1-2,4,6H2. The number of hydrogen-bond donors (Lipinski definition) is 1. The fraction of sp³-hybridized carbons (Fsp3) is 0.625. The van der Waals surface area contributed by atoms with Gasteiger partial charge in [-0.05, 0) is 19.4 Å². The molecule has 60 valence electrons. The molecule has 1 aliphatic rings. The summed E-state index contributed by atoms with van der Waals surface area (Å²) in [4.78, 5) is 0. The molecule has 3 heteroatoms. The molecular weight excluding hydrogens is 140 g/mol. The van der Waals surface area contributed by atoms with Gasteiger partial charge >= 0.3 is 0 Å². The summed E-state index contributed by atoms with van der Waals surface area (Å²) < 4.78 is 5.01. The molecule has 11 heavy (non-hydrogen) atoms. The van der Waals surface area contributed by atoms with Gasteiger partial charge in [0.25, 0.3) is 0 Å². The number of nitrogens with zero attached hydrogens (tertiary/aromatic N) is 1. The molecule has 2 heterocycles. The molecule has 0 saturated carbocycles. The van der Waals surface area contributed by atoms with Gasteiger partial charge in [0, 0.05) is 18.5 Å². The van der Waals surface area contributed by atoms with E-state index < -0.39 is 0 Å². The summed E-state index contributed by atoms with van der Waals surface area (Å²) in [5, 5.41) is 7.07. The predicted molar refractivity (Wildman–Crippen MR) is 41.2 cm³/mol. The Kier molecular flexibility index (Phi) is 1.90. The zero-order chi connectivity index (χ0) is 7.52. The van der Waals surface area contributed by atoms with E-state index in [-0.39, 0.29) is 0 Å². The van der Waals surface area contributed by atoms with Crippen molar-refractivity contribution in [2.24, 2.45) is 0 Å². The first-order chi connectivity index (χ1) is 5.45. The van der Waals surface area contributed by atoms with E-state index in [2.05, 4.69) is 10.5 Å². The van der Waals surface area contributed by atoms with Crippen LogP contribution in [0.5, 0.6) is 0 Å². The van der Waals surface area contributed by atoms with Crippen LogP contribution in [0.25, 0.3) is 0 Å².